The number of hydrogen-bond donors (Lipinski definition) is 1. The normalized spacial score (nSPS) is 16.9. The first-order valence-corrected chi connectivity index (χ1v) is 5.61. The molecule has 0 unspecified atom stereocenters. The molecule has 0 aromatic carbocycles. The second-order valence-electron chi connectivity index (χ2n) is 4.30. The summed E-state index contributed by atoms with van der Waals surface area (Å²) in [6.07, 6.45) is 1.70. The molecule has 1 aromatic heterocycles. The van der Waals surface area contributed by atoms with Crippen LogP contribution in [-0.4, -0.2) is 35.0 Å². The van der Waals surface area contributed by atoms with Gasteiger partial charge in [0.2, 0.25) is 0 Å². The Morgan fingerprint density at radius 3 is 2.88 bits per heavy atom. The molecule has 0 aliphatic carbocycles. The summed E-state index contributed by atoms with van der Waals surface area (Å²) in [5.41, 5.74) is 7.62. The van der Waals surface area contributed by atoms with Gasteiger partial charge in [0.1, 0.15) is 18.9 Å². The van der Waals surface area contributed by atoms with Crippen LogP contribution in [0.15, 0.2) is 18.3 Å². The molecule has 0 amide bonds. The zero-order valence-electron chi connectivity index (χ0n) is 9.81. The predicted octanol–water partition coefficient (Wildman–Crippen LogP) is 1.43. The zero-order chi connectivity index (χ0) is 11.5. The highest BCUT2D eigenvalue weighted by Crippen LogP contribution is 2.14. The quantitative estimate of drug-likeness (QED) is 0.767. The lowest BCUT2D eigenvalue weighted by molar-refractivity contribution is -0.462. The van der Waals surface area contributed by atoms with E-state index in [1.807, 2.05) is 12.1 Å². The summed E-state index contributed by atoms with van der Waals surface area (Å²) >= 11 is 0. The third-order valence-electron chi connectivity index (χ3n) is 2.77. The fraction of sp³-hybridized carbons (Fsp3) is 0.500. The largest absolute Gasteiger partial charge is 0.396 e. The van der Waals surface area contributed by atoms with Crippen LogP contribution in [0.1, 0.15) is 13.8 Å². The predicted molar refractivity (Wildman–Crippen MR) is 64.1 cm³/mol. The molecule has 0 spiro atoms. The van der Waals surface area contributed by atoms with E-state index < -0.39 is 0 Å². The van der Waals surface area contributed by atoms with Gasteiger partial charge in [0.15, 0.2) is 6.20 Å². The summed E-state index contributed by atoms with van der Waals surface area (Å²) in [6.45, 7) is 6.67. The van der Waals surface area contributed by atoms with Gasteiger partial charge in [0.25, 0.3) is 0 Å². The van der Waals surface area contributed by atoms with Gasteiger partial charge >= 0.3 is 5.82 Å². The van der Waals surface area contributed by atoms with Gasteiger partial charge in [0, 0.05) is 12.0 Å². The second kappa shape index (κ2) is 4.61. The third kappa shape index (κ3) is 2.22. The van der Waals surface area contributed by atoms with E-state index in [2.05, 4.69) is 23.4 Å². The molecule has 2 heterocycles. The van der Waals surface area contributed by atoms with Crippen LogP contribution in [0.2, 0.25) is 0 Å². The average Bonchev–Trinajstić information content (AvgIpc) is 2.30. The number of ether oxygens (including phenoxy) is 1. The van der Waals surface area contributed by atoms with Gasteiger partial charge in [-0.3, -0.25) is 0 Å². The van der Waals surface area contributed by atoms with Crippen LogP contribution in [0.25, 0.3) is 0 Å². The molecule has 16 heavy (non-hydrogen) atoms. The molecule has 0 saturated heterocycles. The number of nitrogen functional groups attached to an aromatic ring is 1. The zero-order valence-corrected chi connectivity index (χ0v) is 9.81. The smallest absolute Gasteiger partial charge is 0.323 e. The molecule has 2 rings (SSSR count). The number of aromatic nitrogens is 1. The van der Waals surface area contributed by atoms with E-state index in [0.717, 1.165) is 19.0 Å². The average molecular weight is 220 g/mol. The Morgan fingerprint density at radius 2 is 2.25 bits per heavy atom. The van der Waals surface area contributed by atoms with E-state index in [-0.39, 0.29) is 0 Å². The van der Waals surface area contributed by atoms with E-state index in [1.165, 1.54) is 5.71 Å². The number of pyridine rings is 1. The first-order chi connectivity index (χ1) is 7.68. The van der Waals surface area contributed by atoms with Gasteiger partial charge < -0.3 is 10.5 Å². The Labute approximate surface area is 95.8 Å². The molecular formula is C12H18N3O+. The van der Waals surface area contributed by atoms with Gasteiger partial charge in [-0.1, -0.05) is 13.8 Å². The van der Waals surface area contributed by atoms with E-state index in [4.69, 9.17) is 10.5 Å². The highest BCUT2D eigenvalue weighted by Gasteiger charge is 2.22. The number of anilines is 1. The van der Waals surface area contributed by atoms with Crippen molar-refractivity contribution in [3.05, 3.63) is 18.3 Å². The molecule has 4 heteroatoms. The molecule has 1 aliphatic rings. The minimum Gasteiger partial charge on any atom is -0.396 e. The van der Waals surface area contributed by atoms with Crippen molar-refractivity contribution in [2.75, 3.05) is 25.5 Å². The molecule has 2 N–H and O–H groups in total. The van der Waals surface area contributed by atoms with Crippen molar-refractivity contribution in [3.63, 3.8) is 0 Å². The Kier molecular flexibility index (Phi) is 3.19. The molecule has 0 atom stereocenters. The Balaban J connectivity index is 2.39. The fourth-order valence-corrected chi connectivity index (χ4v) is 1.85. The maximum atomic E-state index is 5.64. The van der Waals surface area contributed by atoms with E-state index in [9.17, 15) is 0 Å². The Morgan fingerprint density at radius 1 is 1.44 bits per heavy atom. The lowest BCUT2D eigenvalue weighted by Crippen LogP contribution is -2.34. The second-order valence-corrected chi connectivity index (χ2v) is 4.30. The third-order valence-corrected chi connectivity index (χ3v) is 2.77. The maximum absolute atomic E-state index is 5.64. The highest BCUT2D eigenvalue weighted by atomic mass is 16.5. The first-order valence-electron chi connectivity index (χ1n) is 5.61. The van der Waals surface area contributed by atoms with E-state index >= 15 is 0 Å². The summed E-state index contributed by atoms with van der Waals surface area (Å²) in [4.78, 5) is 4.36. The summed E-state index contributed by atoms with van der Waals surface area (Å²) in [6, 6.07) is 3.85. The van der Waals surface area contributed by atoms with Crippen LogP contribution in [0.4, 0.5) is 11.5 Å². The van der Waals surface area contributed by atoms with Crippen LogP contribution in [0.5, 0.6) is 0 Å². The van der Waals surface area contributed by atoms with Crippen molar-refractivity contribution in [1.29, 1.82) is 0 Å². The maximum Gasteiger partial charge on any atom is 0.323 e. The van der Waals surface area contributed by atoms with Gasteiger partial charge in [0.05, 0.1) is 12.3 Å². The summed E-state index contributed by atoms with van der Waals surface area (Å²) in [7, 11) is 0. The topological polar surface area (TPSA) is 51.2 Å². The monoisotopic (exact) mass is 220 g/mol. The molecule has 1 aromatic rings. The lowest BCUT2D eigenvalue weighted by atomic mass is 10.1. The Hall–Kier alpha value is -1.42. The van der Waals surface area contributed by atoms with Gasteiger partial charge in [-0.15, -0.1) is 0 Å². The number of nitrogens with two attached hydrogens (primary N) is 1. The van der Waals surface area contributed by atoms with Crippen molar-refractivity contribution in [3.8, 4) is 0 Å². The van der Waals surface area contributed by atoms with Crippen LogP contribution < -0.4 is 5.73 Å². The van der Waals surface area contributed by atoms with Crippen molar-refractivity contribution in [2.45, 2.75) is 13.8 Å². The van der Waals surface area contributed by atoms with Gasteiger partial charge in [-0.25, -0.2) is 4.58 Å². The van der Waals surface area contributed by atoms with Crippen molar-refractivity contribution in [2.24, 2.45) is 5.92 Å². The number of nitrogens with zero attached hydrogens (tertiary/aromatic N) is 2. The van der Waals surface area contributed by atoms with Crippen molar-refractivity contribution >= 4 is 17.2 Å². The molecule has 4 nitrogen and oxygen atoms in total. The molecule has 0 fully saturated rings. The summed E-state index contributed by atoms with van der Waals surface area (Å²) < 4.78 is 7.72. The van der Waals surface area contributed by atoms with Crippen LogP contribution in [-0.2, 0) is 4.74 Å². The first kappa shape index (κ1) is 11.1. The highest BCUT2D eigenvalue weighted by molar-refractivity contribution is 5.83. The standard InChI is InChI=1S/C12H18N3O/c1-9(2)11-8-16-6-5-15(11)12-4-3-10(13)7-14-12/h3-4,7,9H,5-6,8,13H2,1-2H3/q+1. The van der Waals surface area contributed by atoms with Crippen molar-refractivity contribution < 1.29 is 9.31 Å². The minimum absolute atomic E-state index is 0.472. The van der Waals surface area contributed by atoms with E-state index in [1.54, 1.807) is 6.20 Å². The molecule has 0 saturated carbocycles. The molecule has 0 bridgehead atoms. The number of rotatable bonds is 2. The molecular weight excluding hydrogens is 202 g/mol. The lowest BCUT2D eigenvalue weighted by Gasteiger charge is -2.19. The van der Waals surface area contributed by atoms with Gasteiger partial charge in [-0.2, -0.15) is 0 Å². The van der Waals surface area contributed by atoms with Crippen LogP contribution in [0, 0.1) is 5.92 Å². The van der Waals surface area contributed by atoms with Crippen LogP contribution in [0.3, 0.4) is 0 Å². The van der Waals surface area contributed by atoms with Gasteiger partial charge in [-0.05, 0) is 11.1 Å². The number of hydrogen-bond acceptors (Lipinski definition) is 3. The summed E-state index contributed by atoms with van der Waals surface area (Å²) in [5, 5.41) is 0. The minimum atomic E-state index is 0.472. The SMILES string of the molecule is CC(C)C1=[N+](c2ccc(N)cn2)CCOC1. The molecule has 1 aliphatic heterocycles. The summed E-state index contributed by atoms with van der Waals surface area (Å²) in [5.74, 6) is 1.43. The molecule has 0 radical (unpaired) electrons. The fourth-order valence-electron chi connectivity index (χ4n) is 1.85. The van der Waals surface area contributed by atoms with E-state index in [0.29, 0.717) is 18.2 Å². The Bertz CT molecular complexity index is 395. The van der Waals surface area contributed by atoms with Crippen LogP contribution >= 0.6 is 0 Å². The van der Waals surface area contributed by atoms with Crippen molar-refractivity contribution in [1.82, 2.24) is 4.98 Å². The molecule has 86 valence electrons.